The first-order valence-corrected chi connectivity index (χ1v) is 18.3. The van der Waals surface area contributed by atoms with Crippen LogP contribution < -0.4 is 25.3 Å². The number of carbonyl (C=O) groups is 1. The van der Waals surface area contributed by atoms with Crippen molar-refractivity contribution in [3.8, 4) is 11.5 Å². The highest BCUT2D eigenvalue weighted by atomic mass is 16.7. The minimum absolute atomic E-state index is 0.164. The standard InChI is InChI=1S/C40H48BN3O4.C2H6/c1-9-43(10-2)29-21-23-33-35(25-29)46-36-26-30(44(11-3)12-4)22-24-34(36)37(33)31-15-13-14-16-32(31)38(45)42-28-19-17-27(18-20-28)41-47-39(5,6)40(7,8)48-41;1-2/h13-26,37H,9-12H2,1-8H3,(H,42,45);1-2H3. The molecular weight excluding hydrogens is 621 g/mol. The van der Waals surface area contributed by atoms with Crippen LogP contribution in [0.5, 0.6) is 11.5 Å². The second kappa shape index (κ2) is 15.3. The number of ether oxygens (including phenoxy) is 1. The fourth-order valence-electron chi connectivity index (χ4n) is 6.75. The third-order valence-electron chi connectivity index (χ3n) is 10.3. The van der Waals surface area contributed by atoms with Crippen molar-refractivity contribution in [3.63, 3.8) is 0 Å². The molecule has 1 saturated heterocycles. The zero-order chi connectivity index (χ0) is 36.2. The smallest absolute Gasteiger partial charge is 0.457 e. The lowest BCUT2D eigenvalue weighted by molar-refractivity contribution is 0.00578. The van der Waals surface area contributed by atoms with E-state index >= 15 is 0 Å². The first-order chi connectivity index (χ1) is 24.0. The lowest BCUT2D eigenvalue weighted by Gasteiger charge is -2.32. The summed E-state index contributed by atoms with van der Waals surface area (Å²) in [5.74, 6) is 1.29. The third kappa shape index (κ3) is 7.14. The number of anilines is 3. The van der Waals surface area contributed by atoms with Gasteiger partial charge in [-0.15, -0.1) is 0 Å². The maximum absolute atomic E-state index is 14.1. The molecule has 0 spiro atoms. The number of hydrogen-bond donors (Lipinski definition) is 1. The molecule has 0 radical (unpaired) electrons. The molecule has 2 heterocycles. The highest BCUT2D eigenvalue weighted by Crippen LogP contribution is 2.50. The molecule has 0 aromatic heterocycles. The van der Waals surface area contributed by atoms with Gasteiger partial charge in [0.05, 0.1) is 11.2 Å². The Morgan fingerprint density at radius 1 is 0.680 bits per heavy atom. The van der Waals surface area contributed by atoms with E-state index in [1.54, 1.807) is 0 Å². The largest absolute Gasteiger partial charge is 0.494 e. The average molecular weight is 676 g/mol. The van der Waals surface area contributed by atoms with Crippen molar-refractivity contribution >= 4 is 35.6 Å². The lowest BCUT2D eigenvalue weighted by atomic mass is 9.79. The molecule has 2 aliphatic rings. The van der Waals surface area contributed by atoms with Crippen molar-refractivity contribution in [1.29, 1.82) is 0 Å². The van der Waals surface area contributed by atoms with Gasteiger partial charge in [-0.2, -0.15) is 0 Å². The van der Waals surface area contributed by atoms with Crippen LogP contribution in [0.25, 0.3) is 0 Å². The molecule has 7 nitrogen and oxygen atoms in total. The number of rotatable bonds is 10. The molecule has 0 bridgehead atoms. The van der Waals surface area contributed by atoms with Crippen LogP contribution in [0.4, 0.5) is 17.1 Å². The number of nitrogens with zero attached hydrogens (tertiary/aromatic N) is 2. The van der Waals surface area contributed by atoms with Gasteiger partial charge in [-0.05, 0) is 96.7 Å². The minimum atomic E-state index is -0.460. The van der Waals surface area contributed by atoms with Crippen LogP contribution in [-0.2, 0) is 9.31 Å². The molecule has 264 valence electrons. The normalized spacial score (nSPS) is 15.6. The Kier molecular flexibility index (Phi) is 11.3. The van der Waals surface area contributed by atoms with E-state index in [2.05, 4.69) is 85.3 Å². The summed E-state index contributed by atoms with van der Waals surface area (Å²) in [5, 5.41) is 3.15. The summed E-state index contributed by atoms with van der Waals surface area (Å²) in [7, 11) is -0.460. The molecule has 1 N–H and O–H groups in total. The third-order valence-corrected chi connectivity index (χ3v) is 10.3. The van der Waals surface area contributed by atoms with Crippen molar-refractivity contribution in [1.82, 2.24) is 0 Å². The Hall–Kier alpha value is -4.27. The van der Waals surface area contributed by atoms with Gasteiger partial charge in [0.2, 0.25) is 0 Å². The van der Waals surface area contributed by atoms with E-state index in [1.165, 1.54) is 0 Å². The molecule has 4 aromatic rings. The van der Waals surface area contributed by atoms with E-state index in [0.29, 0.717) is 11.3 Å². The second-order valence-electron chi connectivity index (χ2n) is 13.6. The first kappa shape index (κ1) is 37.0. The topological polar surface area (TPSA) is 63.3 Å². The van der Waals surface area contributed by atoms with Gasteiger partial charge >= 0.3 is 7.12 Å². The second-order valence-corrected chi connectivity index (χ2v) is 13.6. The number of hydrogen-bond acceptors (Lipinski definition) is 6. The first-order valence-electron chi connectivity index (χ1n) is 18.3. The van der Waals surface area contributed by atoms with E-state index in [4.69, 9.17) is 14.0 Å². The molecule has 1 amide bonds. The summed E-state index contributed by atoms with van der Waals surface area (Å²) in [6, 6.07) is 28.6. The molecule has 1 fully saturated rings. The predicted molar refractivity (Wildman–Crippen MR) is 209 cm³/mol. The van der Waals surface area contributed by atoms with Gasteiger partial charge in [0.25, 0.3) is 5.91 Å². The monoisotopic (exact) mass is 675 g/mol. The van der Waals surface area contributed by atoms with Gasteiger partial charge in [0.1, 0.15) is 11.5 Å². The molecule has 8 heteroatoms. The molecule has 0 saturated carbocycles. The Labute approximate surface area is 300 Å². The van der Waals surface area contributed by atoms with E-state index in [9.17, 15) is 4.79 Å². The van der Waals surface area contributed by atoms with Gasteiger partial charge in [-0.25, -0.2) is 0 Å². The SMILES string of the molecule is CC.CCN(CC)c1ccc2c(c1)Oc1cc(N(CC)CC)ccc1C2c1ccccc1C(=O)Nc1ccc(B2OC(C)(C)C(C)(C)O2)cc1. The zero-order valence-electron chi connectivity index (χ0n) is 31.6. The van der Waals surface area contributed by atoms with Crippen LogP contribution in [0, 0.1) is 0 Å². The molecule has 50 heavy (non-hydrogen) atoms. The molecule has 0 atom stereocenters. The maximum atomic E-state index is 14.1. The highest BCUT2D eigenvalue weighted by molar-refractivity contribution is 6.62. The van der Waals surface area contributed by atoms with Crippen LogP contribution in [0.2, 0.25) is 0 Å². The summed E-state index contributed by atoms with van der Waals surface area (Å²) >= 11 is 0. The Morgan fingerprint density at radius 2 is 1.16 bits per heavy atom. The van der Waals surface area contributed by atoms with Crippen molar-refractivity contribution in [2.45, 2.75) is 86.4 Å². The zero-order valence-corrected chi connectivity index (χ0v) is 31.6. The summed E-state index contributed by atoms with van der Waals surface area (Å²) in [6.45, 7) is 24.5. The van der Waals surface area contributed by atoms with Gasteiger partial charge in [-0.3, -0.25) is 4.79 Å². The van der Waals surface area contributed by atoms with Crippen LogP contribution in [-0.4, -0.2) is 50.4 Å². The summed E-state index contributed by atoms with van der Waals surface area (Å²) in [5.41, 5.74) is 6.66. The Bertz CT molecular complexity index is 1700. The van der Waals surface area contributed by atoms with E-state index in [1.807, 2.05) is 84.0 Å². The van der Waals surface area contributed by atoms with Crippen LogP contribution in [0.15, 0.2) is 84.9 Å². The fraction of sp³-hybridized carbons (Fsp3) is 0.405. The van der Waals surface area contributed by atoms with Gasteiger partial charge in [-0.1, -0.05) is 56.3 Å². The maximum Gasteiger partial charge on any atom is 0.494 e. The number of carbonyl (C=O) groups excluding carboxylic acids is 1. The van der Waals surface area contributed by atoms with Crippen molar-refractivity contribution in [3.05, 3.63) is 107 Å². The van der Waals surface area contributed by atoms with Crippen LogP contribution >= 0.6 is 0 Å². The Balaban J connectivity index is 0.00000239. The van der Waals surface area contributed by atoms with Crippen molar-refractivity contribution in [2.24, 2.45) is 0 Å². The molecular formula is C42H54BN3O4. The summed E-state index contributed by atoms with van der Waals surface area (Å²) < 4.78 is 19.1. The quantitative estimate of drug-likeness (QED) is 0.149. The molecule has 4 aromatic carbocycles. The summed E-state index contributed by atoms with van der Waals surface area (Å²) in [4.78, 5) is 18.7. The van der Waals surface area contributed by atoms with Gasteiger partial charge in [0.15, 0.2) is 0 Å². The van der Waals surface area contributed by atoms with Crippen LogP contribution in [0.3, 0.4) is 0 Å². The molecule has 0 aliphatic carbocycles. The summed E-state index contributed by atoms with van der Waals surface area (Å²) in [6.07, 6.45) is 0. The fourth-order valence-corrected chi connectivity index (χ4v) is 6.75. The van der Waals surface area contributed by atoms with Gasteiger partial charge in [0, 0.05) is 78.0 Å². The minimum Gasteiger partial charge on any atom is -0.457 e. The van der Waals surface area contributed by atoms with E-state index in [-0.39, 0.29) is 11.8 Å². The van der Waals surface area contributed by atoms with Crippen LogP contribution in [0.1, 0.15) is 102 Å². The molecule has 2 aliphatic heterocycles. The number of fused-ring (bicyclic) bond motifs is 2. The van der Waals surface area contributed by atoms with E-state index in [0.717, 1.165) is 71.2 Å². The number of benzene rings is 4. The lowest BCUT2D eigenvalue weighted by Crippen LogP contribution is -2.41. The number of nitrogens with one attached hydrogen (secondary N) is 1. The predicted octanol–water partition coefficient (Wildman–Crippen LogP) is 9.24. The molecule has 0 unspecified atom stereocenters. The molecule has 6 rings (SSSR count). The van der Waals surface area contributed by atoms with Crippen molar-refractivity contribution < 1.29 is 18.8 Å². The average Bonchev–Trinajstić information content (AvgIpc) is 3.35. The van der Waals surface area contributed by atoms with E-state index < -0.39 is 18.3 Å². The van der Waals surface area contributed by atoms with Crippen molar-refractivity contribution in [2.75, 3.05) is 41.3 Å². The Morgan fingerprint density at radius 3 is 1.64 bits per heavy atom. The van der Waals surface area contributed by atoms with Gasteiger partial charge < -0.3 is 29.2 Å². The number of amides is 1. The highest BCUT2D eigenvalue weighted by Gasteiger charge is 2.51.